The minimum Gasteiger partial charge on any atom is -0.271 e. The van der Waals surface area contributed by atoms with Crippen LogP contribution >= 0.6 is 0 Å². The molecule has 5 heteroatoms. The van der Waals surface area contributed by atoms with Gasteiger partial charge in [-0.05, 0) is 6.07 Å². The van der Waals surface area contributed by atoms with E-state index in [-0.39, 0.29) is 5.56 Å². The molecule has 0 saturated carbocycles. The van der Waals surface area contributed by atoms with E-state index < -0.39 is 18.3 Å². The molecule has 0 fully saturated rings. The smallest absolute Gasteiger partial charge is 0.259 e. The Kier molecular flexibility index (Phi) is 3.27. The maximum absolute atomic E-state index is 13.0. The third-order valence-electron chi connectivity index (χ3n) is 1.67. The van der Waals surface area contributed by atoms with Crippen molar-refractivity contribution in [2.45, 2.75) is 12.5 Å². The molecule has 3 N–H and O–H groups in total. The summed E-state index contributed by atoms with van der Waals surface area (Å²) in [5, 5.41) is 0. The van der Waals surface area contributed by atoms with E-state index in [2.05, 4.69) is 0 Å². The van der Waals surface area contributed by atoms with Crippen LogP contribution in [0, 0.1) is 5.82 Å². The number of hydrogen-bond acceptors (Lipinski definition) is 2. The van der Waals surface area contributed by atoms with Gasteiger partial charge >= 0.3 is 0 Å². The zero-order valence-electron chi connectivity index (χ0n) is 6.68. The molecule has 13 heavy (non-hydrogen) atoms. The van der Waals surface area contributed by atoms with Crippen LogP contribution in [-0.4, -0.2) is 6.43 Å². The van der Waals surface area contributed by atoms with Crippen LogP contribution in [0.3, 0.4) is 0 Å². The molecular weight excluding hydrogens is 181 g/mol. The lowest BCUT2D eigenvalue weighted by Crippen LogP contribution is -2.33. The molecule has 0 aliphatic heterocycles. The summed E-state index contributed by atoms with van der Waals surface area (Å²) in [7, 11) is 0. The van der Waals surface area contributed by atoms with Crippen molar-refractivity contribution in [2.75, 3.05) is 0 Å². The molecule has 0 radical (unpaired) electrons. The lowest BCUT2D eigenvalue weighted by Gasteiger charge is -2.15. The van der Waals surface area contributed by atoms with Crippen LogP contribution in [-0.2, 0) is 0 Å². The van der Waals surface area contributed by atoms with Crippen LogP contribution < -0.4 is 11.3 Å². The summed E-state index contributed by atoms with van der Waals surface area (Å²) in [5.74, 6) is 4.19. The van der Waals surface area contributed by atoms with Gasteiger partial charge in [-0.2, -0.15) is 0 Å². The third-order valence-corrected chi connectivity index (χ3v) is 1.67. The maximum Gasteiger partial charge on any atom is 0.259 e. The monoisotopic (exact) mass is 190 g/mol. The number of hydrazine groups is 1. The Bertz CT molecular complexity index is 278. The quantitative estimate of drug-likeness (QED) is 0.561. The highest BCUT2D eigenvalue weighted by Crippen LogP contribution is 2.21. The Morgan fingerprint density at radius 2 is 1.85 bits per heavy atom. The molecule has 1 atom stereocenters. The van der Waals surface area contributed by atoms with Crippen LogP contribution in [0.4, 0.5) is 13.2 Å². The van der Waals surface area contributed by atoms with Crippen molar-refractivity contribution in [3.8, 4) is 0 Å². The topological polar surface area (TPSA) is 38.0 Å². The molecule has 1 unspecified atom stereocenters. The number of rotatable bonds is 3. The SMILES string of the molecule is NNC(c1ccccc1F)C(F)F. The highest BCUT2D eigenvalue weighted by molar-refractivity contribution is 5.21. The summed E-state index contributed by atoms with van der Waals surface area (Å²) in [6, 6.07) is 3.83. The van der Waals surface area contributed by atoms with E-state index in [4.69, 9.17) is 5.84 Å². The minimum absolute atomic E-state index is 0.125. The van der Waals surface area contributed by atoms with Crippen molar-refractivity contribution in [1.82, 2.24) is 5.43 Å². The number of alkyl halides is 2. The largest absolute Gasteiger partial charge is 0.271 e. The van der Waals surface area contributed by atoms with Crippen molar-refractivity contribution in [2.24, 2.45) is 5.84 Å². The van der Waals surface area contributed by atoms with Gasteiger partial charge in [-0.15, -0.1) is 0 Å². The fourth-order valence-corrected chi connectivity index (χ4v) is 1.03. The highest BCUT2D eigenvalue weighted by atomic mass is 19.3. The van der Waals surface area contributed by atoms with Crippen LogP contribution in [0.5, 0.6) is 0 Å². The van der Waals surface area contributed by atoms with Gasteiger partial charge < -0.3 is 0 Å². The predicted octanol–water partition coefficient (Wildman–Crippen LogP) is 1.60. The van der Waals surface area contributed by atoms with Gasteiger partial charge in [0.25, 0.3) is 6.43 Å². The normalized spacial score (nSPS) is 13.3. The van der Waals surface area contributed by atoms with Gasteiger partial charge in [0.1, 0.15) is 11.9 Å². The lowest BCUT2D eigenvalue weighted by molar-refractivity contribution is 0.0969. The first-order chi connectivity index (χ1) is 6.16. The molecular formula is C8H9F3N2. The molecule has 1 rings (SSSR count). The summed E-state index contributed by atoms with van der Waals surface area (Å²) in [4.78, 5) is 0. The first-order valence-corrected chi connectivity index (χ1v) is 3.65. The molecule has 2 nitrogen and oxygen atoms in total. The second-order valence-electron chi connectivity index (χ2n) is 2.50. The minimum atomic E-state index is -2.73. The van der Waals surface area contributed by atoms with E-state index in [0.29, 0.717) is 0 Å². The number of halogens is 3. The number of nitrogens with two attached hydrogens (primary N) is 1. The molecule has 1 aromatic rings. The molecule has 0 saturated heterocycles. The fraction of sp³-hybridized carbons (Fsp3) is 0.250. The summed E-state index contributed by atoms with van der Waals surface area (Å²) < 4.78 is 37.5. The van der Waals surface area contributed by atoms with Crippen molar-refractivity contribution in [3.05, 3.63) is 35.6 Å². The first kappa shape index (κ1) is 10.0. The van der Waals surface area contributed by atoms with Crippen molar-refractivity contribution >= 4 is 0 Å². The van der Waals surface area contributed by atoms with E-state index in [1.54, 1.807) is 0 Å². The van der Waals surface area contributed by atoms with Gasteiger partial charge in [0, 0.05) is 5.56 Å². The number of nitrogens with one attached hydrogen (secondary N) is 1. The standard InChI is InChI=1S/C8H9F3N2/c9-6-4-2-1-3-5(6)7(13-12)8(10)11/h1-4,7-8,13H,12H2. The average Bonchev–Trinajstić information content (AvgIpc) is 2.09. The Morgan fingerprint density at radius 3 is 2.31 bits per heavy atom. The van der Waals surface area contributed by atoms with Crippen LogP contribution in [0.15, 0.2) is 24.3 Å². The van der Waals surface area contributed by atoms with E-state index in [1.807, 2.05) is 5.43 Å². The molecule has 0 amide bonds. The van der Waals surface area contributed by atoms with Crippen molar-refractivity contribution < 1.29 is 13.2 Å². The summed E-state index contributed by atoms with van der Waals surface area (Å²) in [5.41, 5.74) is 1.74. The maximum atomic E-state index is 13.0. The molecule has 0 bridgehead atoms. The Labute approximate surface area is 73.5 Å². The second-order valence-corrected chi connectivity index (χ2v) is 2.50. The van der Waals surface area contributed by atoms with E-state index >= 15 is 0 Å². The van der Waals surface area contributed by atoms with Crippen LogP contribution in [0.25, 0.3) is 0 Å². The van der Waals surface area contributed by atoms with Gasteiger partial charge in [0.15, 0.2) is 0 Å². The van der Waals surface area contributed by atoms with Gasteiger partial charge in [-0.25, -0.2) is 18.6 Å². The molecule has 72 valence electrons. The van der Waals surface area contributed by atoms with Gasteiger partial charge in [-0.1, -0.05) is 18.2 Å². The average molecular weight is 190 g/mol. The van der Waals surface area contributed by atoms with Crippen LogP contribution in [0.1, 0.15) is 11.6 Å². The van der Waals surface area contributed by atoms with Gasteiger partial charge in [-0.3, -0.25) is 5.84 Å². The second kappa shape index (κ2) is 4.25. The Balaban J connectivity index is 2.97. The zero-order valence-corrected chi connectivity index (χ0v) is 6.68. The van der Waals surface area contributed by atoms with E-state index in [1.165, 1.54) is 18.2 Å². The van der Waals surface area contributed by atoms with E-state index in [9.17, 15) is 13.2 Å². The van der Waals surface area contributed by atoms with Crippen molar-refractivity contribution in [1.29, 1.82) is 0 Å². The number of benzene rings is 1. The molecule has 0 heterocycles. The van der Waals surface area contributed by atoms with Crippen molar-refractivity contribution in [3.63, 3.8) is 0 Å². The zero-order chi connectivity index (χ0) is 9.84. The predicted molar refractivity (Wildman–Crippen MR) is 42.5 cm³/mol. The van der Waals surface area contributed by atoms with E-state index in [0.717, 1.165) is 6.07 Å². The number of hydrogen-bond donors (Lipinski definition) is 2. The van der Waals surface area contributed by atoms with Gasteiger partial charge in [0.2, 0.25) is 0 Å². The third kappa shape index (κ3) is 2.19. The highest BCUT2D eigenvalue weighted by Gasteiger charge is 2.23. The van der Waals surface area contributed by atoms with Crippen LogP contribution in [0.2, 0.25) is 0 Å². The molecule has 0 aliphatic carbocycles. The Morgan fingerprint density at radius 1 is 1.23 bits per heavy atom. The summed E-state index contributed by atoms with van der Waals surface area (Å²) in [6.07, 6.45) is -2.73. The van der Waals surface area contributed by atoms with Gasteiger partial charge in [0.05, 0.1) is 0 Å². The summed E-state index contributed by atoms with van der Waals surface area (Å²) >= 11 is 0. The fourth-order valence-electron chi connectivity index (χ4n) is 1.03. The molecule has 0 aromatic heterocycles. The molecule has 0 spiro atoms. The lowest BCUT2D eigenvalue weighted by atomic mass is 10.1. The molecule has 0 aliphatic rings. The first-order valence-electron chi connectivity index (χ1n) is 3.65. The Hall–Kier alpha value is -1.07. The summed E-state index contributed by atoms with van der Waals surface area (Å²) in [6.45, 7) is 0. The molecule has 1 aromatic carbocycles.